The van der Waals surface area contributed by atoms with Crippen LogP contribution in [0.25, 0.3) is 11.1 Å². The normalized spacial score (nSPS) is 15.9. The third-order valence-electron chi connectivity index (χ3n) is 3.39. The maximum absolute atomic E-state index is 12.3. The molecule has 1 aliphatic rings. The van der Waals surface area contributed by atoms with Crippen LogP contribution in [-0.4, -0.2) is 16.2 Å². The Balaban J connectivity index is 1.80. The first-order valence-electron chi connectivity index (χ1n) is 7.15. The molecular formula is C16H13ClF3NO2S. The van der Waals surface area contributed by atoms with E-state index in [4.69, 9.17) is 11.6 Å². The predicted octanol–water partition coefficient (Wildman–Crippen LogP) is 5.14. The molecule has 3 nitrogen and oxygen atoms in total. The monoisotopic (exact) mass is 375 g/mol. The average Bonchev–Trinajstić information content (AvgIpc) is 3.30. The van der Waals surface area contributed by atoms with Crippen LogP contribution in [0.15, 0.2) is 42.5 Å². The molecule has 128 valence electrons. The first kappa shape index (κ1) is 17.3. The van der Waals surface area contributed by atoms with Crippen LogP contribution in [0.5, 0.6) is 5.75 Å². The van der Waals surface area contributed by atoms with Gasteiger partial charge in [-0.3, -0.25) is 0 Å². The Labute approximate surface area is 145 Å². The van der Waals surface area contributed by atoms with Crippen molar-refractivity contribution < 1.29 is 22.5 Å². The van der Waals surface area contributed by atoms with E-state index in [-0.39, 0.29) is 11.0 Å². The van der Waals surface area contributed by atoms with E-state index in [1.165, 1.54) is 18.2 Å². The molecule has 0 spiro atoms. The lowest BCUT2D eigenvalue weighted by atomic mass is 10.1. The lowest BCUT2D eigenvalue weighted by Gasteiger charge is -2.13. The first-order valence-corrected chi connectivity index (χ1v) is 8.74. The molecule has 24 heavy (non-hydrogen) atoms. The number of hydrogen-bond donors (Lipinski definition) is 1. The van der Waals surface area contributed by atoms with Crippen LogP contribution in [0.3, 0.4) is 0 Å². The van der Waals surface area contributed by atoms with Crippen molar-refractivity contribution >= 4 is 28.7 Å². The number of alkyl halides is 3. The molecule has 0 aromatic heterocycles. The number of rotatable bonds is 5. The summed E-state index contributed by atoms with van der Waals surface area (Å²) < 4.78 is 55.6. The second-order valence-corrected chi connectivity index (χ2v) is 7.24. The van der Waals surface area contributed by atoms with Gasteiger partial charge in [0.15, 0.2) is 0 Å². The summed E-state index contributed by atoms with van der Waals surface area (Å²) >= 11 is 5.09. The van der Waals surface area contributed by atoms with Crippen LogP contribution in [0.4, 0.5) is 18.9 Å². The van der Waals surface area contributed by atoms with Gasteiger partial charge < -0.3 is 9.29 Å². The van der Waals surface area contributed by atoms with Gasteiger partial charge in [0.25, 0.3) is 0 Å². The molecule has 1 N–H and O–H groups in total. The molecule has 2 aromatic rings. The largest absolute Gasteiger partial charge is 0.593 e. The standard InChI is InChI=1S/C16H13ClF3NO2S/c17-15-9-11(21-24(22)13-5-6-13)4-7-14(15)10-2-1-3-12(8-10)23-16(18,19)20/h1-4,7-9,13,21H,5-6H2. The van der Waals surface area contributed by atoms with E-state index in [1.807, 2.05) is 0 Å². The van der Waals surface area contributed by atoms with Gasteiger partial charge in [0.1, 0.15) is 11.0 Å². The Hall–Kier alpha value is -1.57. The summed E-state index contributed by atoms with van der Waals surface area (Å²) in [6, 6.07) is 10.6. The number of hydrogen-bond acceptors (Lipinski definition) is 3. The van der Waals surface area contributed by atoms with Crippen molar-refractivity contribution in [3.05, 3.63) is 47.5 Å². The molecule has 0 heterocycles. The van der Waals surface area contributed by atoms with Crippen molar-refractivity contribution in [3.8, 4) is 16.9 Å². The zero-order valence-electron chi connectivity index (χ0n) is 12.3. The number of anilines is 1. The second-order valence-electron chi connectivity index (χ2n) is 5.37. The van der Waals surface area contributed by atoms with Crippen LogP contribution in [0.1, 0.15) is 12.8 Å². The summed E-state index contributed by atoms with van der Waals surface area (Å²) in [5.74, 6) is -0.312. The molecule has 0 saturated heterocycles. The molecule has 0 amide bonds. The SMILES string of the molecule is [O-][S+](Nc1ccc(-c2cccc(OC(F)(F)F)c2)c(Cl)c1)C1CC1. The van der Waals surface area contributed by atoms with Crippen molar-refractivity contribution in [2.75, 3.05) is 4.72 Å². The van der Waals surface area contributed by atoms with Gasteiger partial charge in [-0.1, -0.05) is 29.8 Å². The van der Waals surface area contributed by atoms with Gasteiger partial charge in [0.2, 0.25) is 0 Å². The van der Waals surface area contributed by atoms with Crippen LogP contribution < -0.4 is 9.46 Å². The van der Waals surface area contributed by atoms with Crippen molar-refractivity contribution in [1.29, 1.82) is 0 Å². The van der Waals surface area contributed by atoms with Crippen molar-refractivity contribution in [2.45, 2.75) is 24.5 Å². The van der Waals surface area contributed by atoms with E-state index in [9.17, 15) is 17.7 Å². The summed E-state index contributed by atoms with van der Waals surface area (Å²) in [7, 11) is 0. The van der Waals surface area contributed by atoms with Gasteiger partial charge in [-0.25, -0.2) is 4.72 Å². The fraction of sp³-hybridized carbons (Fsp3) is 0.250. The predicted molar refractivity (Wildman–Crippen MR) is 88.4 cm³/mol. The van der Waals surface area contributed by atoms with E-state index < -0.39 is 17.7 Å². The molecule has 3 rings (SSSR count). The Morgan fingerprint density at radius 3 is 2.54 bits per heavy atom. The molecule has 8 heteroatoms. The Morgan fingerprint density at radius 1 is 1.17 bits per heavy atom. The minimum absolute atomic E-state index is 0.180. The summed E-state index contributed by atoms with van der Waals surface area (Å²) in [6.07, 6.45) is -2.86. The van der Waals surface area contributed by atoms with Crippen molar-refractivity contribution in [3.63, 3.8) is 0 Å². The smallest absolute Gasteiger partial charge is 0.573 e. The van der Waals surface area contributed by atoms with Crippen LogP contribution in [-0.2, 0) is 11.4 Å². The number of nitrogens with one attached hydrogen (secondary N) is 1. The van der Waals surface area contributed by atoms with Crippen LogP contribution >= 0.6 is 11.6 Å². The summed E-state index contributed by atoms with van der Waals surface area (Å²) in [5.41, 5.74) is 1.67. The molecule has 0 radical (unpaired) electrons. The van der Waals surface area contributed by atoms with Gasteiger partial charge in [-0.15, -0.1) is 13.2 Å². The van der Waals surface area contributed by atoms with Gasteiger partial charge in [-0.2, -0.15) is 0 Å². The van der Waals surface area contributed by atoms with Crippen molar-refractivity contribution in [1.82, 2.24) is 0 Å². The van der Waals surface area contributed by atoms with Crippen molar-refractivity contribution in [2.24, 2.45) is 0 Å². The Morgan fingerprint density at radius 2 is 1.92 bits per heavy atom. The zero-order valence-corrected chi connectivity index (χ0v) is 13.8. The summed E-state index contributed by atoms with van der Waals surface area (Å²) in [6.45, 7) is 0. The molecule has 0 aliphatic heterocycles. The number of ether oxygens (including phenoxy) is 1. The topological polar surface area (TPSA) is 44.3 Å². The molecule has 2 aromatic carbocycles. The molecule has 1 unspecified atom stereocenters. The first-order chi connectivity index (χ1) is 11.3. The Kier molecular flexibility index (Phi) is 4.85. The highest BCUT2D eigenvalue weighted by Gasteiger charge is 2.35. The molecule has 1 fully saturated rings. The molecule has 1 saturated carbocycles. The highest BCUT2D eigenvalue weighted by Crippen LogP contribution is 2.35. The van der Waals surface area contributed by atoms with Crippen LogP contribution in [0.2, 0.25) is 5.02 Å². The highest BCUT2D eigenvalue weighted by molar-refractivity contribution is 7.93. The quantitative estimate of drug-likeness (QED) is 0.735. The van der Waals surface area contributed by atoms with Gasteiger partial charge in [-0.05, 0) is 29.8 Å². The molecule has 0 bridgehead atoms. The highest BCUT2D eigenvalue weighted by atomic mass is 35.5. The van der Waals surface area contributed by atoms with E-state index >= 15 is 0 Å². The van der Waals surface area contributed by atoms with E-state index in [0.717, 1.165) is 12.8 Å². The average molecular weight is 376 g/mol. The van der Waals surface area contributed by atoms with Gasteiger partial charge in [0, 0.05) is 18.4 Å². The fourth-order valence-electron chi connectivity index (χ4n) is 2.16. The van der Waals surface area contributed by atoms with E-state index in [0.29, 0.717) is 21.8 Å². The summed E-state index contributed by atoms with van der Waals surface area (Å²) in [5, 5.41) is 0.525. The molecule has 1 atom stereocenters. The third-order valence-corrected chi connectivity index (χ3v) is 5.22. The third kappa shape index (κ3) is 4.49. The van der Waals surface area contributed by atoms with Crippen LogP contribution in [0, 0.1) is 0 Å². The maximum Gasteiger partial charge on any atom is 0.573 e. The fourth-order valence-corrected chi connectivity index (χ4v) is 3.53. The number of halogens is 4. The molecule has 1 aliphatic carbocycles. The minimum Gasteiger partial charge on any atom is -0.593 e. The zero-order chi connectivity index (χ0) is 17.3. The van der Waals surface area contributed by atoms with E-state index in [2.05, 4.69) is 9.46 Å². The Bertz CT molecular complexity index is 738. The lowest BCUT2D eigenvalue weighted by Crippen LogP contribution is -2.17. The van der Waals surface area contributed by atoms with Gasteiger partial charge >= 0.3 is 6.36 Å². The maximum atomic E-state index is 12.3. The van der Waals surface area contributed by atoms with Gasteiger partial charge in [0.05, 0.1) is 22.1 Å². The minimum atomic E-state index is -4.75. The summed E-state index contributed by atoms with van der Waals surface area (Å²) in [4.78, 5) is 0. The second kappa shape index (κ2) is 6.74. The molecular weight excluding hydrogens is 363 g/mol. The lowest BCUT2D eigenvalue weighted by molar-refractivity contribution is -0.274. The van der Waals surface area contributed by atoms with E-state index in [1.54, 1.807) is 24.3 Å². The number of benzene rings is 2.